The first-order valence-electron chi connectivity index (χ1n) is 14.5. The number of hydrogen-bond acceptors (Lipinski definition) is 4. The van der Waals surface area contributed by atoms with Gasteiger partial charge in [0.25, 0.3) is 0 Å². The minimum absolute atomic E-state index is 0. The molecule has 0 N–H and O–H groups in total. The topological polar surface area (TPSA) is 37.4 Å². The number of aromatic nitrogens is 2. The SMILES string of the molecule is CN1C=CN(c2[c-]cc3c(c2)c2cc4oc5ccccc5c4cc2n3-c2ccccc2)[CH-]1.[Ir+3].[c-]1ccccc1-c1ccccn1. The van der Waals surface area contributed by atoms with Crippen LogP contribution in [0.1, 0.15) is 0 Å². The largest absolute Gasteiger partial charge is 3.00 e. The fraction of sp³-hybridized carbons (Fsp3) is 0.0256. The van der Waals surface area contributed by atoms with Gasteiger partial charge in [0.05, 0.1) is 0 Å². The molecule has 0 fully saturated rings. The summed E-state index contributed by atoms with van der Waals surface area (Å²) in [5, 5.41) is 4.62. The second-order valence-corrected chi connectivity index (χ2v) is 10.7. The van der Waals surface area contributed by atoms with E-state index in [0.29, 0.717) is 0 Å². The van der Waals surface area contributed by atoms with Gasteiger partial charge in [-0.1, -0.05) is 54.0 Å². The maximum absolute atomic E-state index is 6.22. The molecule has 0 radical (unpaired) electrons. The number of rotatable bonds is 3. The van der Waals surface area contributed by atoms with Crippen LogP contribution in [0.3, 0.4) is 0 Å². The fourth-order valence-electron chi connectivity index (χ4n) is 5.84. The quantitative estimate of drug-likeness (QED) is 0.168. The van der Waals surface area contributed by atoms with Crippen molar-refractivity contribution >= 4 is 49.4 Å². The minimum atomic E-state index is 0. The molecule has 0 spiro atoms. The number of anilines is 1. The van der Waals surface area contributed by atoms with Gasteiger partial charge in [-0.2, -0.15) is 18.8 Å². The Morgan fingerprint density at radius 3 is 2.27 bits per heavy atom. The van der Waals surface area contributed by atoms with Crippen LogP contribution in [-0.4, -0.2) is 21.5 Å². The van der Waals surface area contributed by atoms with Crippen LogP contribution in [0.4, 0.5) is 5.69 Å². The van der Waals surface area contributed by atoms with E-state index in [1.54, 1.807) is 6.20 Å². The molecule has 6 heteroatoms. The molecule has 0 atom stereocenters. The summed E-state index contributed by atoms with van der Waals surface area (Å²) in [6.07, 6.45) is 5.87. The van der Waals surface area contributed by atoms with Gasteiger partial charge in [0.1, 0.15) is 11.2 Å². The number of pyridine rings is 1. The van der Waals surface area contributed by atoms with Crippen molar-refractivity contribution in [2.45, 2.75) is 0 Å². The molecule has 0 amide bonds. The molecule has 218 valence electrons. The maximum Gasteiger partial charge on any atom is 3.00 e. The number of fused-ring (bicyclic) bond motifs is 6. The number of para-hydroxylation sites is 2. The van der Waals surface area contributed by atoms with Gasteiger partial charge in [0, 0.05) is 28.2 Å². The predicted octanol–water partition coefficient (Wildman–Crippen LogP) is 9.37. The monoisotopic (exact) mass is 760 g/mol. The van der Waals surface area contributed by atoms with Crippen LogP contribution in [0.25, 0.3) is 60.7 Å². The van der Waals surface area contributed by atoms with Crippen molar-refractivity contribution in [2.75, 3.05) is 11.9 Å². The van der Waals surface area contributed by atoms with Crippen LogP contribution >= 0.6 is 0 Å². The average Bonchev–Trinajstić information content (AvgIpc) is 3.78. The van der Waals surface area contributed by atoms with E-state index < -0.39 is 0 Å². The Kier molecular flexibility index (Phi) is 7.68. The Hall–Kier alpha value is -5.16. The van der Waals surface area contributed by atoms with Gasteiger partial charge >= 0.3 is 20.1 Å². The third-order valence-corrected chi connectivity index (χ3v) is 7.89. The van der Waals surface area contributed by atoms with Crippen molar-refractivity contribution in [3.05, 3.63) is 159 Å². The van der Waals surface area contributed by atoms with Crippen LogP contribution in [0.5, 0.6) is 0 Å². The Balaban J connectivity index is 0.000000211. The third-order valence-electron chi connectivity index (χ3n) is 7.89. The summed E-state index contributed by atoms with van der Waals surface area (Å²) >= 11 is 0. The summed E-state index contributed by atoms with van der Waals surface area (Å²) in [5.41, 5.74) is 8.27. The van der Waals surface area contributed by atoms with E-state index in [1.165, 1.54) is 10.8 Å². The minimum Gasteiger partial charge on any atom is -0.510 e. The standard InChI is InChI=1S/C28H19N3O.C11H8N.Ir/c1-29-13-14-30(18-29)20-11-12-25-22(15-20)23-17-28-24(21-9-5-6-10-27(21)32-28)16-26(23)31(25)19-7-3-2-4-8-19;1-2-6-10(7-3-1)11-8-4-5-9-12-11;/h2-10,12-18H,1H3;1-6,8-9H;/q-2;-1;+3. The summed E-state index contributed by atoms with van der Waals surface area (Å²) in [5.74, 6) is 0. The van der Waals surface area contributed by atoms with E-state index in [1.807, 2.05) is 85.6 Å². The first-order valence-corrected chi connectivity index (χ1v) is 14.5. The Morgan fingerprint density at radius 2 is 1.49 bits per heavy atom. The molecule has 0 unspecified atom stereocenters. The van der Waals surface area contributed by atoms with Crippen LogP contribution in [0.2, 0.25) is 0 Å². The van der Waals surface area contributed by atoms with E-state index >= 15 is 0 Å². The second-order valence-electron chi connectivity index (χ2n) is 10.7. The fourth-order valence-corrected chi connectivity index (χ4v) is 5.84. The summed E-state index contributed by atoms with van der Waals surface area (Å²) in [6, 6.07) is 47.8. The first-order chi connectivity index (χ1) is 21.7. The zero-order valence-corrected chi connectivity index (χ0v) is 26.8. The smallest absolute Gasteiger partial charge is 0.510 e. The Labute approximate surface area is 275 Å². The second kappa shape index (κ2) is 12.1. The van der Waals surface area contributed by atoms with Crippen molar-refractivity contribution < 1.29 is 24.5 Å². The van der Waals surface area contributed by atoms with Gasteiger partial charge in [-0.3, -0.25) is 0 Å². The van der Waals surface area contributed by atoms with E-state index in [2.05, 4.69) is 93.3 Å². The van der Waals surface area contributed by atoms with Crippen molar-refractivity contribution in [1.82, 2.24) is 14.5 Å². The Bertz CT molecular complexity index is 2240. The predicted molar refractivity (Wildman–Crippen MR) is 179 cm³/mol. The number of furan rings is 1. The van der Waals surface area contributed by atoms with Gasteiger partial charge in [0.15, 0.2) is 0 Å². The first kappa shape index (κ1) is 28.6. The molecule has 4 heterocycles. The van der Waals surface area contributed by atoms with Crippen molar-refractivity contribution in [3.8, 4) is 16.9 Å². The molecule has 0 saturated heterocycles. The van der Waals surface area contributed by atoms with Gasteiger partial charge in [0.2, 0.25) is 0 Å². The molecule has 1 aliphatic heterocycles. The number of benzene rings is 5. The molecule has 5 aromatic carbocycles. The maximum atomic E-state index is 6.22. The van der Waals surface area contributed by atoms with E-state index in [-0.39, 0.29) is 20.1 Å². The van der Waals surface area contributed by atoms with Crippen LogP contribution in [-0.2, 0) is 20.1 Å². The molecular formula is C39H27IrN4O. The molecule has 5 nitrogen and oxygen atoms in total. The van der Waals surface area contributed by atoms with Crippen LogP contribution < -0.4 is 4.90 Å². The molecule has 0 aliphatic carbocycles. The Morgan fingerprint density at radius 1 is 0.689 bits per heavy atom. The molecular weight excluding hydrogens is 733 g/mol. The molecule has 8 aromatic rings. The zero-order valence-electron chi connectivity index (χ0n) is 24.4. The molecule has 9 rings (SSSR count). The normalized spacial score (nSPS) is 12.6. The summed E-state index contributed by atoms with van der Waals surface area (Å²) in [6.45, 7) is 2.05. The van der Waals surface area contributed by atoms with Gasteiger partial charge in [-0.25, -0.2) is 0 Å². The van der Waals surface area contributed by atoms with Crippen molar-refractivity contribution in [3.63, 3.8) is 0 Å². The number of hydrogen-bond donors (Lipinski definition) is 0. The molecule has 0 bridgehead atoms. The van der Waals surface area contributed by atoms with Crippen molar-refractivity contribution in [1.29, 1.82) is 0 Å². The molecule has 1 aliphatic rings. The molecule has 3 aromatic heterocycles. The van der Waals surface area contributed by atoms with Gasteiger partial charge in [-0.15, -0.1) is 53.0 Å². The van der Waals surface area contributed by atoms with E-state index in [0.717, 1.165) is 55.6 Å². The summed E-state index contributed by atoms with van der Waals surface area (Å²) in [4.78, 5) is 8.34. The molecule has 0 saturated carbocycles. The van der Waals surface area contributed by atoms with Gasteiger partial charge in [-0.05, 0) is 66.9 Å². The van der Waals surface area contributed by atoms with E-state index in [9.17, 15) is 0 Å². The zero-order chi connectivity index (χ0) is 29.5. The number of nitrogens with zero attached hydrogens (tertiary/aromatic N) is 4. The van der Waals surface area contributed by atoms with Crippen LogP contribution in [0, 0.1) is 18.8 Å². The van der Waals surface area contributed by atoms with E-state index in [4.69, 9.17) is 4.42 Å². The van der Waals surface area contributed by atoms with Crippen LogP contribution in [0.15, 0.2) is 144 Å². The van der Waals surface area contributed by atoms with Crippen molar-refractivity contribution in [2.24, 2.45) is 0 Å². The summed E-state index contributed by atoms with van der Waals surface area (Å²) in [7, 11) is 2.02. The van der Waals surface area contributed by atoms with Gasteiger partial charge < -0.3 is 23.8 Å². The summed E-state index contributed by atoms with van der Waals surface area (Å²) < 4.78 is 8.54. The molecule has 45 heavy (non-hydrogen) atoms. The third kappa shape index (κ3) is 5.29. The average molecular weight is 760 g/mol.